The lowest BCUT2D eigenvalue weighted by Gasteiger charge is -2.41. The quantitative estimate of drug-likeness (QED) is 0.829. The number of carbonyl (C=O) groups excluding carboxylic acids is 2. The van der Waals surface area contributed by atoms with E-state index in [2.05, 4.69) is 15.2 Å². The number of H-pyrrole nitrogens is 1. The van der Waals surface area contributed by atoms with E-state index in [9.17, 15) is 14.0 Å². The minimum Gasteiger partial charge on any atom is -0.350 e. The smallest absolute Gasteiger partial charge is 0.267 e. The Kier molecular flexibility index (Phi) is 5.58. The fourth-order valence-corrected chi connectivity index (χ4v) is 4.71. The number of benzene rings is 1. The van der Waals surface area contributed by atoms with Gasteiger partial charge in [-0.3, -0.25) is 14.5 Å². The molecular weight excluding hydrogens is 371 g/mol. The van der Waals surface area contributed by atoms with Gasteiger partial charge in [-0.15, -0.1) is 0 Å². The fourth-order valence-electron chi connectivity index (χ4n) is 4.71. The van der Waals surface area contributed by atoms with Crippen molar-refractivity contribution in [3.05, 3.63) is 35.3 Å². The average molecular weight is 400 g/mol. The lowest BCUT2D eigenvalue weighted by Crippen LogP contribution is -2.55. The summed E-state index contributed by atoms with van der Waals surface area (Å²) in [5.41, 5.74) is 1.97. The van der Waals surface area contributed by atoms with Crippen molar-refractivity contribution in [1.82, 2.24) is 20.1 Å². The molecule has 1 saturated heterocycles. The van der Waals surface area contributed by atoms with Crippen LogP contribution in [0.15, 0.2) is 18.2 Å². The highest BCUT2D eigenvalue weighted by molar-refractivity contribution is 5.99. The first kappa shape index (κ1) is 19.9. The number of aromatic nitrogens is 1. The third kappa shape index (κ3) is 4.01. The van der Waals surface area contributed by atoms with Gasteiger partial charge < -0.3 is 15.2 Å². The van der Waals surface area contributed by atoms with Crippen LogP contribution in [0.2, 0.25) is 0 Å². The molecule has 2 aromatic rings. The molecule has 4 rings (SSSR count). The maximum absolute atomic E-state index is 14.1. The fraction of sp³-hybridized carbons (Fsp3) is 0.545. The first-order valence-electron chi connectivity index (χ1n) is 10.6. The van der Waals surface area contributed by atoms with E-state index in [4.69, 9.17) is 0 Å². The summed E-state index contributed by atoms with van der Waals surface area (Å²) in [6, 6.07) is 5.12. The van der Waals surface area contributed by atoms with Crippen LogP contribution in [0.4, 0.5) is 4.39 Å². The van der Waals surface area contributed by atoms with Gasteiger partial charge in [0, 0.05) is 37.1 Å². The van der Waals surface area contributed by atoms with Crippen LogP contribution in [0.3, 0.4) is 0 Å². The third-order valence-electron chi connectivity index (χ3n) is 6.42. The number of halogens is 1. The SMILES string of the molecule is CCN1CCN(C2CCC[C@@H](NC(=O)c3cc4c(F)ccc(C)c4[nH]3)C2)CC1=O. The van der Waals surface area contributed by atoms with E-state index in [0.717, 1.165) is 50.9 Å². The molecule has 156 valence electrons. The van der Waals surface area contributed by atoms with Gasteiger partial charge in [0.1, 0.15) is 11.5 Å². The summed E-state index contributed by atoms with van der Waals surface area (Å²) in [4.78, 5) is 32.3. The van der Waals surface area contributed by atoms with Gasteiger partial charge in [-0.05, 0) is 57.2 Å². The molecule has 2 N–H and O–H groups in total. The zero-order valence-corrected chi connectivity index (χ0v) is 17.1. The van der Waals surface area contributed by atoms with Crippen LogP contribution in [0.5, 0.6) is 0 Å². The lowest BCUT2D eigenvalue weighted by atomic mass is 9.89. The molecule has 1 unspecified atom stereocenters. The minimum absolute atomic E-state index is 0.0675. The van der Waals surface area contributed by atoms with Crippen LogP contribution in [-0.2, 0) is 4.79 Å². The van der Waals surface area contributed by atoms with Crippen molar-refractivity contribution in [2.75, 3.05) is 26.2 Å². The highest BCUT2D eigenvalue weighted by atomic mass is 19.1. The number of hydrogen-bond donors (Lipinski definition) is 2. The Morgan fingerprint density at radius 1 is 1.31 bits per heavy atom. The van der Waals surface area contributed by atoms with Gasteiger partial charge in [-0.2, -0.15) is 0 Å². The van der Waals surface area contributed by atoms with Gasteiger partial charge in [0.2, 0.25) is 5.91 Å². The van der Waals surface area contributed by atoms with Crippen molar-refractivity contribution < 1.29 is 14.0 Å². The number of rotatable bonds is 4. The highest BCUT2D eigenvalue weighted by Crippen LogP contribution is 2.26. The van der Waals surface area contributed by atoms with Crippen molar-refractivity contribution >= 4 is 22.7 Å². The number of aryl methyl sites for hydroxylation is 1. The molecule has 6 nitrogen and oxygen atoms in total. The molecule has 7 heteroatoms. The molecule has 1 aliphatic carbocycles. The first-order valence-corrected chi connectivity index (χ1v) is 10.6. The Morgan fingerprint density at radius 3 is 2.86 bits per heavy atom. The second kappa shape index (κ2) is 8.14. The van der Waals surface area contributed by atoms with Crippen molar-refractivity contribution in [1.29, 1.82) is 0 Å². The predicted octanol–water partition coefficient (Wildman–Crippen LogP) is 2.82. The maximum atomic E-state index is 14.1. The monoisotopic (exact) mass is 400 g/mol. The van der Waals surface area contributed by atoms with E-state index >= 15 is 0 Å². The summed E-state index contributed by atoms with van der Waals surface area (Å²) >= 11 is 0. The summed E-state index contributed by atoms with van der Waals surface area (Å²) in [6.07, 6.45) is 3.86. The summed E-state index contributed by atoms with van der Waals surface area (Å²) in [6.45, 7) is 6.82. The Balaban J connectivity index is 1.41. The number of piperazine rings is 1. The van der Waals surface area contributed by atoms with Crippen molar-refractivity contribution in [3.63, 3.8) is 0 Å². The molecule has 0 bridgehead atoms. The maximum Gasteiger partial charge on any atom is 0.267 e. The second-order valence-electron chi connectivity index (χ2n) is 8.27. The molecule has 29 heavy (non-hydrogen) atoms. The molecule has 1 saturated carbocycles. The Labute approximate surface area is 170 Å². The molecular formula is C22H29FN4O2. The molecule has 2 amide bonds. The number of nitrogens with one attached hydrogen (secondary N) is 2. The number of aromatic amines is 1. The van der Waals surface area contributed by atoms with Gasteiger partial charge in [-0.1, -0.05) is 6.07 Å². The molecule has 1 aromatic carbocycles. The Bertz CT molecular complexity index is 886. The number of likely N-dealkylation sites (N-methyl/N-ethyl adjacent to an activating group) is 1. The van der Waals surface area contributed by atoms with E-state index in [1.165, 1.54) is 6.07 Å². The van der Waals surface area contributed by atoms with Crippen LogP contribution in [0.25, 0.3) is 10.9 Å². The lowest BCUT2D eigenvalue weighted by molar-refractivity contribution is -0.137. The van der Waals surface area contributed by atoms with Crippen LogP contribution in [-0.4, -0.2) is 64.9 Å². The van der Waals surface area contributed by atoms with Gasteiger partial charge >= 0.3 is 0 Å². The number of carbonyl (C=O) groups is 2. The van der Waals surface area contributed by atoms with Crippen LogP contribution in [0.1, 0.15) is 48.7 Å². The molecule has 2 fully saturated rings. The van der Waals surface area contributed by atoms with Gasteiger partial charge in [0.05, 0.1) is 12.1 Å². The summed E-state index contributed by atoms with van der Waals surface area (Å²) in [5, 5.41) is 3.57. The van der Waals surface area contributed by atoms with Crippen molar-refractivity contribution in [3.8, 4) is 0 Å². The first-order chi connectivity index (χ1) is 14.0. The van der Waals surface area contributed by atoms with Crippen molar-refractivity contribution in [2.24, 2.45) is 0 Å². The molecule has 2 heterocycles. The highest BCUT2D eigenvalue weighted by Gasteiger charge is 2.32. The van der Waals surface area contributed by atoms with Crippen LogP contribution < -0.4 is 5.32 Å². The Hall–Kier alpha value is -2.41. The van der Waals surface area contributed by atoms with Gasteiger partial charge in [-0.25, -0.2) is 4.39 Å². The molecule has 0 radical (unpaired) electrons. The van der Waals surface area contributed by atoms with E-state index in [0.29, 0.717) is 29.2 Å². The van der Waals surface area contributed by atoms with Crippen molar-refractivity contribution in [2.45, 2.75) is 51.6 Å². The number of hydrogen-bond acceptors (Lipinski definition) is 3. The molecule has 2 atom stereocenters. The Morgan fingerprint density at radius 2 is 2.14 bits per heavy atom. The standard InChI is InChI=1S/C22H29FN4O2/c1-3-26-9-10-27(13-20(26)28)16-6-4-5-15(11-16)24-22(29)19-12-17-18(23)8-7-14(2)21(17)25-19/h7-8,12,15-16,25H,3-6,9-11,13H2,1-2H3,(H,24,29)/t15-,16?/m1/s1. The zero-order chi connectivity index (χ0) is 20.5. The summed E-state index contributed by atoms with van der Waals surface area (Å²) < 4.78 is 14.1. The van der Waals surface area contributed by atoms with Gasteiger partial charge in [0.15, 0.2) is 0 Å². The third-order valence-corrected chi connectivity index (χ3v) is 6.42. The molecule has 2 aliphatic rings. The minimum atomic E-state index is -0.325. The normalized spacial score (nSPS) is 23.6. The van der Waals surface area contributed by atoms with Crippen LogP contribution >= 0.6 is 0 Å². The number of fused-ring (bicyclic) bond motifs is 1. The number of nitrogens with zero attached hydrogens (tertiary/aromatic N) is 2. The molecule has 1 aliphatic heterocycles. The molecule has 1 aromatic heterocycles. The molecule has 0 spiro atoms. The average Bonchev–Trinajstić information content (AvgIpc) is 3.18. The van der Waals surface area contributed by atoms with E-state index in [1.807, 2.05) is 18.7 Å². The topological polar surface area (TPSA) is 68.4 Å². The largest absolute Gasteiger partial charge is 0.350 e. The van der Waals surface area contributed by atoms with Gasteiger partial charge in [0.25, 0.3) is 5.91 Å². The second-order valence-corrected chi connectivity index (χ2v) is 8.27. The van der Waals surface area contributed by atoms with E-state index < -0.39 is 0 Å². The summed E-state index contributed by atoms with van der Waals surface area (Å²) in [5.74, 6) is -0.326. The summed E-state index contributed by atoms with van der Waals surface area (Å²) in [7, 11) is 0. The number of amides is 2. The van der Waals surface area contributed by atoms with E-state index in [-0.39, 0.29) is 23.7 Å². The van der Waals surface area contributed by atoms with Crippen LogP contribution in [0, 0.1) is 12.7 Å². The zero-order valence-electron chi connectivity index (χ0n) is 17.1. The van der Waals surface area contributed by atoms with E-state index in [1.54, 1.807) is 12.1 Å². The predicted molar refractivity (Wildman–Crippen MR) is 110 cm³/mol.